The van der Waals surface area contributed by atoms with E-state index in [0.717, 1.165) is 39.0 Å². The van der Waals surface area contributed by atoms with Crippen molar-refractivity contribution in [2.45, 2.75) is 12.4 Å². The summed E-state index contributed by atoms with van der Waals surface area (Å²) in [5.41, 5.74) is 2.25. The first-order chi connectivity index (χ1) is 28.5. The van der Waals surface area contributed by atoms with E-state index in [2.05, 4.69) is 6.07 Å². The van der Waals surface area contributed by atoms with Crippen molar-refractivity contribution in [3.63, 3.8) is 0 Å². The minimum atomic E-state index is -5.16. The van der Waals surface area contributed by atoms with Gasteiger partial charge in [0.05, 0.1) is 33.8 Å². The van der Waals surface area contributed by atoms with Crippen LogP contribution < -0.4 is 0 Å². The van der Waals surface area contributed by atoms with Gasteiger partial charge in [0.25, 0.3) is 0 Å². The van der Waals surface area contributed by atoms with E-state index in [1.165, 1.54) is 0 Å². The van der Waals surface area contributed by atoms with E-state index in [4.69, 9.17) is 15.0 Å². The van der Waals surface area contributed by atoms with Crippen LogP contribution in [0.15, 0.2) is 164 Å². The van der Waals surface area contributed by atoms with Crippen LogP contribution in [0.25, 0.3) is 83.9 Å². The molecule has 0 bridgehead atoms. The Morgan fingerprint density at radius 2 is 1.02 bits per heavy atom. The van der Waals surface area contributed by atoms with Gasteiger partial charge in [0.1, 0.15) is 0 Å². The molecular formula is C48H27F6N5. The third kappa shape index (κ3) is 6.95. The molecule has 0 unspecified atom stereocenters. The number of halogens is 6. The Bertz CT molecular complexity index is 3020. The molecule has 11 heteroatoms. The van der Waals surface area contributed by atoms with E-state index < -0.39 is 29.0 Å². The largest absolute Gasteiger partial charge is 0.417 e. The highest BCUT2D eigenvalue weighted by atomic mass is 19.4. The summed E-state index contributed by atoms with van der Waals surface area (Å²) < 4.78 is 88.7. The maximum absolute atomic E-state index is 15.0. The van der Waals surface area contributed by atoms with E-state index in [9.17, 15) is 31.6 Å². The van der Waals surface area contributed by atoms with E-state index >= 15 is 0 Å². The Morgan fingerprint density at radius 1 is 0.441 bits per heavy atom. The number of rotatable bonds is 6. The second-order valence-corrected chi connectivity index (χ2v) is 13.8. The van der Waals surface area contributed by atoms with Crippen molar-refractivity contribution in [3.8, 4) is 68.2 Å². The molecule has 5 nitrogen and oxygen atoms in total. The summed E-state index contributed by atoms with van der Waals surface area (Å²) in [6.45, 7) is 0. The predicted octanol–water partition coefficient (Wildman–Crippen LogP) is 13.2. The van der Waals surface area contributed by atoms with Crippen molar-refractivity contribution in [1.29, 1.82) is 5.26 Å². The van der Waals surface area contributed by atoms with Crippen LogP contribution in [-0.4, -0.2) is 19.5 Å². The maximum Gasteiger partial charge on any atom is 0.417 e. The fourth-order valence-corrected chi connectivity index (χ4v) is 7.38. The summed E-state index contributed by atoms with van der Waals surface area (Å²) in [6, 6.07) is 47.4. The minimum Gasteiger partial charge on any atom is -0.309 e. The van der Waals surface area contributed by atoms with Gasteiger partial charge in [-0.1, -0.05) is 103 Å². The van der Waals surface area contributed by atoms with Gasteiger partial charge in [0.15, 0.2) is 17.5 Å². The molecule has 7 aromatic carbocycles. The van der Waals surface area contributed by atoms with Crippen molar-refractivity contribution in [2.75, 3.05) is 0 Å². The number of alkyl halides is 6. The number of benzene rings is 7. The average molecular weight is 788 g/mol. The average Bonchev–Trinajstić information content (AvgIpc) is 3.59. The fourth-order valence-electron chi connectivity index (χ4n) is 7.38. The molecule has 0 aliphatic heterocycles. The molecular weight excluding hydrogens is 761 g/mol. The Labute approximate surface area is 333 Å². The van der Waals surface area contributed by atoms with Crippen molar-refractivity contribution in [2.24, 2.45) is 0 Å². The topological polar surface area (TPSA) is 67.4 Å². The number of nitriles is 1. The van der Waals surface area contributed by atoms with Crippen LogP contribution in [0.3, 0.4) is 0 Å². The van der Waals surface area contributed by atoms with Gasteiger partial charge in [-0.25, -0.2) is 15.0 Å². The summed E-state index contributed by atoms with van der Waals surface area (Å²) in [6.07, 6.45) is -10.2. The van der Waals surface area contributed by atoms with Crippen LogP contribution in [0.5, 0.6) is 0 Å². The van der Waals surface area contributed by atoms with Gasteiger partial charge in [-0.2, -0.15) is 31.6 Å². The molecule has 0 aliphatic rings. The molecule has 0 aliphatic carbocycles. The number of hydrogen-bond donors (Lipinski definition) is 0. The molecule has 2 heterocycles. The molecule has 59 heavy (non-hydrogen) atoms. The monoisotopic (exact) mass is 787 g/mol. The molecule has 0 amide bonds. The number of hydrogen-bond acceptors (Lipinski definition) is 4. The summed E-state index contributed by atoms with van der Waals surface area (Å²) in [7, 11) is 0. The highest BCUT2D eigenvalue weighted by Gasteiger charge is 2.39. The predicted molar refractivity (Wildman–Crippen MR) is 216 cm³/mol. The van der Waals surface area contributed by atoms with E-state index in [0.29, 0.717) is 28.4 Å². The highest BCUT2D eigenvalue weighted by Crippen LogP contribution is 2.45. The van der Waals surface area contributed by atoms with Crippen LogP contribution in [0.2, 0.25) is 0 Å². The summed E-state index contributed by atoms with van der Waals surface area (Å²) in [5.74, 6) is 0.545. The minimum absolute atomic E-state index is 0.0292. The second-order valence-electron chi connectivity index (χ2n) is 13.8. The molecule has 2 aromatic heterocycles. The third-order valence-electron chi connectivity index (χ3n) is 10.2. The number of aromatic nitrogens is 4. The molecule has 9 rings (SSSR count). The SMILES string of the molecule is N#Cc1ccc(-c2ccc3c(c2)c2ccccc2n3-c2ccc(-c3nc(-c4ccccc4)nc(-c4ccccc4)n3)c(-c3ccc(C(F)(F)F)cc3C(F)(F)F)c2)cc1. The van der Waals surface area contributed by atoms with E-state index in [1.54, 1.807) is 78.9 Å². The molecule has 0 N–H and O–H groups in total. The summed E-state index contributed by atoms with van der Waals surface area (Å²) >= 11 is 0. The van der Waals surface area contributed by atoms with E-state index in [-0.39, 0.29) is 34.7 Å². The van der Waals surface area contributed by atoms with Crippen molar-refractivity contribution in [1.82, 2.24) is 19.5 Å². The third-order valence-corrected chi connectivity index (χ3v) is 10.2. The molecule has 0 atom stereocenters. The van der Waals surface area contributed by atoms with Crippen LogP contribution >= 0.6 is 0 Å². The Balaban J connectivity index is 1.32. The normalized spacial score (nSPS) is 11.9. The lowest BCUT2D eigenvalue weighted by Gasteiger charge is -2.20. The zero-order valence-corrected chi connectivity index (χ0v) is 30.6. The zero-order chi connectivity index (χ0) is 40.9. The first-order valence-electron chi connectivity index (χ1n) is 18.3. The lowest BCUT2D eigenvalue weighted by Crippen LogP contribution is -2.12. The second kappa shape index (κ2) is 14.4. The lowest BCUT2D eigenvalue weighted by molar-refractivity contribution is -0.142. The van der Waals surface area contributed by atoms with Gasteiger partial charge < -0.3 is 4.57 Å². The first-order valence-corrected chi connectivity index (χ1v) is 18.3. The van der Waals surface area contributed by atoms with Crippen LogP contribution in [-0.2, 0) is 12.4 Å². The lowest BCUT2D eigenvalue weighted by atomic mass is 9.92. The summed E-state index contributed by atoms with van der Waals surface area (Å²) in [4.78, 5) is 14.3. The van der Waals surface area contributed by atoms with E-state index in [1.807, 2.05) is 71.3 Å². The smallest absolute Gasteiger partial charge is 0.309 e. The van der Waals surface area contributed by atoms with Crippen LogP contribution in [0.1, 0.15) is 16.7 Å². The van der Waals surface area contributed by atoms with Gasteiger partial charge in [-0.3, -0.25) is 0 Å². The molecule has 9 aromatic rings. The molecule has 0 saturated carbocycles. The highest BCUT2D eigenvalue weighted by molar-refractivity contribution is 6.10. The number of fused-ring (bicyclic) bond motifs is 3. The molecule has 286 valence electrons. The van der Waals surface area contributed by atoms with Crippen molar-refractivity contribution >= 4 is 21.8 Å². The Hall–Kier alpha value is -7.58. The zero-order valence-electron chi connectivity index (χ0n) is 30.6. The molecule has 0 radical (unpaired) electrons. The van der Waals surface area contributed by atoms with Crippen molar-refractivity contribution in [3.05, 3.63) is 180 Å². The van der Waals surface area contributed by atoms with Gasteiger partial charge >= 0.3 is 12.4 Å². The van der Waals surface area contributed by atoms with Gasteiger partial charge in [-0.15, -0.1) is 0 Å². The standard InChI is InChI=1S/C48H27F6N5/c49-47(50,51)34-20-22-36(41(26-34)48(52,53)54)39-27-35(21-23-38(39)46-57-44(31-9-3-1-4-10-31)56-45(58-46)32-11-5-2-6-12-32)59-42-14-8-7-13-37(42)40-25-33(19-24-43(40)59)30-17-15-29(28-55)16-18-30/h1-27H. The molecule has 0 saturated heterocycles. The fraction of sp³-hybridized carbons (Fsp3) is 0.0417. The molecule has 0 fully saturated rings. The molecule has 0 spiro atoms. The van der Waals surface area contributed by atoms with Crippen molar-refractivity contribution < 1.29 is 26.3 Å². The Morgan fingerprint density at radius 3 is 1.64 bits per heavy atom. The van der Waals surface area contributed by atoms with Gasteiger partial charge in [0.2, 0.25) is 0 Å². The quantitative estimate of drug-likeness (QED) is 0.157. The Kier molecular flexibility index (Phi) is 9.05. The maximum atomic E-state index is 15.0. The van der Waals surface area contributed by atoms with Gasteiger partial charge in [0, 0.05) is 33.2 Å². The van der Waals surface area contributed by atoms with Crippen LogP contribution in [0, 0.1) is 11.3 Å². The number of para-hydroxylation sites is 1. The number of nitrogens with zero attached hydrogens (tertiary/aromatic N) is 5. The first kappa shape index (κ1) is 37.0. The summed E-state index contributed by atoms with van der Waals surface area (Å²) in [5, 5.41) is 11.0. The van der Waals surface area contributed by atoms with Crippen LogP contribution in [0.4, 0.5) is 26.3 Å². The van der Waals surface area contributed by atoms with Gasteiger partial charge in [-0.05, 0) is 82.9 Å².